The van der Waals surface area contributed by atoms with Crippen LogP contribution in [0.5, 0.6) is 0 Å². The summed E-state index contributed by atoms with van der Waals surface area (Å²) < 4.78 is 0. The van der Waals surface area contributed by atoms with Gasteiger partial charge >= 0.3 is 0 Å². The van der Waals surface area contributed by atoms with Gasteiger partial charge in [-0.2, -0.15) is 0 Å². The van der Waals surface area contributed by atoms with Crippen molar-refractivity contribution in [2.24, 2.45) is 41.4 Å². The maximum absolute atomic E-state index is 6.23. The molecule has 10 heteroatoms. The summed E-state index contributed by atoms with van der Waals surface area (Å²) in [5, 5.41) is 6.30. The first kappa shape index (κ1) is 80.3. The lowest BCUT2D eigenvalue weighted by Crippen LogP contribution is -2.23. The van der Waals surface area contributed by atoms with E-state index in [9.17, 15) is 0 Å². The summed E-state index contributed by atoms with van der Waals surface area (Å²) in [4.78, 5) is 0. The monoisotopic (exact) mass is 1580 g/mol. The van der Waals surface area contributed by atoms with Crippen LogP contribution in [0.1, 0.15) is 214 Å². The van der Waals surface area contributed by atoms with E-state index in [0.29, 0.717) is 109 Å². The van der Waals surface area contributed by atoms with Crippen LogP contribution in [0.2, 0.25) is 50.2 Å². The second kappa shape index (κ2) is 36.7. The van der Waals surface area contributed by atoms with Gasteiger partial charge in [0.15, 0.2) is 0 Å². The van der Waals surface area contributed by atoms with Crippen LogP contribution >= 0.6 is 116 Å². The van der Waals surface area contributed by atoms with Gasteiger partial charge in [-0.15, -0.1) is 0 Å². The second-order valence-electron chi connectivity index (χ2n) is 30.5. The Labute approximate surface area is 676 Å². The maximum Gasteiger partial charge on any atom is 0.0595 e. The third-order valence-corrected chi connectivity index (χ3v) is 25.9. The van der Waals surface area contributed by atoms with Crippen molar-refractivity contribution in [2.45, 2.75) is 144 Å². The van der Waals surface area contributed by atoms with Gasteiger partial charge in [-0.1, -0.05) is 372 Å². The van der Waals surface area contributed by atoms with E-state index in [1.54, 1.807) is 0 Å². The zero-order chi connectivity index (χ0) is 74.9. The van der Waals surface area contributed by atoms with Crippen molar-refractivity contribution in [1.82, 2.24) is 0 Å². The van der Waals surface area contributed by atoms with E-state index >= 15 is 0 Å². The summed E-state index contributed by atoms with van der Waals surface area (Å²) in [5.74, 6) is 6.45. The SMILES string of the molecule is CC(C)C1=Cc2ccccc2[C@H](c2ccc(Cl)c(Cl)c2)C1.CC(C)C1=Cc2ccccc2[C@H](c2ccc(Cl)c(Cl)c2)C1.CC(C)C1=Cc2ccccc2[C@H](c2ccc(Cl)c(Cl)c2)C1.CC(C)[C@@H]1Cc2ccccc2[C@H](c2ccc(Cl)c(Cl)c2)C1.CC(C)[C@@H]1Cc2ccccc2[C@H](c2ccc(Cl)c(Cl)c2)C1. The van der Waals surface area contributed by atoms with Crippen molar-refractivity contribution in [1.29, 1.82) is 0 Å². The molecule has 7 atom stereocenters. The molecular weight excluding hydrogens is 1500 g/mol. The van der Waals surface area contributed by atoms with Crippen LogP contribution in [0.15, 0.2) is 229 Å². The van der Waals surface area contributed by atoms with Gasteiger partial charge in [-0.3, -0.25) is 0 Å². The molecule has 0 saturated carbocycles. The van der Waals surface area contributed by atoms with Gasteiger partial charge in [0.25, 0.3) is 0 Å². The molecule has 0 N–H and O–H groups in total. The summed E-state index contributed by atoms with van der Waals surface area (Å²) in [5.41, 5.74) is 24.7. The highest BCUT2D eigenvalue weighted by Crippen LogP contribution is 2.48. The van der Waals surface area contributed by atoms with Crippen LogP contribution in [0.25, 0.3) is 18.2 Å². The van der Waals surface area contributed by atoms with Crippen molar-refractivity contribution in [3.63, 3.8) is 0 Å². The van der Waals surface area contributed by atoms with Crippen molar-refractivity contribution >= 4 is 134 Å². The fraction of sp³-hybridized carbons (Fsp3) is 0.305. The first-order valence-corrected chi connectivity index (χ1v) is 40.9. The number of allylic oxidation sites excluding steroid dienone is 3. The van der Waals surface area contributed by atoms with Crippen LogP contribution < -0.4 is 0 Å². The Kier molecular flexibility index (Phi) is 28.1. The third kappa shape index (κ3) is 19.9. The Morgan fingerprint density at radius 3 is 0.705 bits per heavy atom. The van der Waals surface area contributed by atoms with Crippen molar-refractivity contribution in [2.75, 3.05) is 0 Å². The molecule has 0 unspecified atom stereocenters. The first-order chi connectivity index (χ1) is 50.3. The summed E-state index contributed by atoms with van der Waals surface area (Å²) in [6.07, 6.45) is 14.9. The first-order valence-electron chi connectivity index (χ1n) is 37.1. The highest BCUT2D eigenvalue weighted by molar-refractivity contribution is 6.44. The minimum atomic E-state index is 0.360. The number of hydrogen-bond acceptors (Lipinski definition) is 0. The molecule has 10 aromatic rings. The van der Waals surface area contributed by atoms with Gasteiger partial charge in [-0.05, 0) is 230 Å². The predicted octanol–water partition coefficient (Wildman–Crippen LogP) is 32.4. The molecule has 544 valence electrons. The fourth-order valence-electron chi connectivity index (χ4n) is 15.8. The van der Waals surface area contributed by atoms with E-state index in [2.05, 4.69) is 239 Å². The van der Waals surface area contributed by atoms with E-state index in [0.717, 1.165) is 31.1 Å². The van der Waals surface area contributed by atoms with Gasteiger partial charge < -0.3 is 0 Å². The van der Waals surface area contributed by atoms with E-state index in [-0.39, 0.29) is 0 Å². The lowest BCUT2D eigenvalue weighted by atomic mass is 9.71. The lowest BCUT2D eigenvalue weighted by Gasteiger charge is -2.34. The highest BCUT2D eigenvalue weighted by atomic mass is 35.5. The minimum Gasteiger partial charge on any atom is -0.0827 e. The molecule has 0 aromatic heterocycles. The molecule has 0 saturated heterocycles. The molecule has 0 heterocycles. The molecule has 0 amide bonds. The van der Waals surface area contributed by atoms with E-state index in [1.165, 1.54) is 126 Å². The average molecular weight is 1590 g/mol. The Morgan fingerprint density at radius 1 is 0.238 bits per heavy atom. The Morgan fingerprint density at radius 2 is 0.467 bits per heavy atom. The molecule has 5 aliphatic rings. The third-order valence-electron chi connectivity index (χ3n) is 22.2. The molecule has 0 aliphatic heterocycles. The number of rotatable bonds is 10. The van der Waals surface area contributed by atoms with Gasteiger partial charge in [-0.25, -0.2) is 0 Å². The standard InChI is InChI=1S/2C19H20Cl2.3C19H18Cl2/c5*1-12(2)15-9-13-5-3-4-6-16(13)17(10-15)14-7-8-18(20)19(21)11-14/h2*3-8,11-12,15,17H,9-10H2,1-2H3;3*3-9,11-12,17H,10H2,1-2H3/t2*15-,17+;3*17-/m11000/s1. The lowest BCUT2D eigenvalue weighted by molar-refractivity contribution is 0.326. The van der Waals surface area contributed by atoms with Gasteiger partial charge in [0.1, 0.15) is 0 Å². The number of hydrogen-bond donors (Lipinski definition) is 0. The molecule has 105 heavy (non-hydrogen) atoms. The summed E-state index contributed by atoms with van der Waals surface area (Å²) in [6.45, 7) is 22.8. The van der Waals surface area contributed by atoms with Crippen LogP contribution in [-0.2, 0) is 12.8 Å². The topological polar surface area (TPSA) is 0 Å². The quantitative estimate of drug-likeness (QED) is 0.128. The Balaban J connectivity index is 0.000000131. The summed E-state index contributed by atoms with van der Waals surface area (Å²) in [6, 6.07) is 73.7. The van der Waals surface area contributed by atoms with E-state index < -0.39 is 0 Å². The molecule has 0 nitrogen and oxygen atoms in total. The van der Waals surface area contributed by atoms with Crippen LogP contribution in [0.4, 0.5) is 0 Å². The molecule has 5 aliphatic carbocycles. The van der Waals surface area contributed by atoms with Crippen molar-refractivity contribution in [3.05, 3.63) is 363 Å². The van der Waals surface area contributed by atoms with Gasteiger partial charge in [0.2, 0.25) is 0 Å². The van der Waals surface area contributed by atoms with Gasteiger partial charge in [0, 0.05) is 29.6 Å². The molecule has 15 rings (SSSR count). The normalized spacial score (nSPS) is 19.1. The Bertz CT molecular complexity index is 4370. The average Bonchev–Trinajstić information content (AvgIpc) is 0.812. The maximum atomic E-state index is 6.23. The summed E-state index contributed by atoms with van der Waals surface area (Å²) in [7, 11) is 0. The zero-order valence-corrected chi connectivity index (χ0v) is 69.2. The smallest absolute Gasteiger partial charge is 0.0595 e. The molecular formula is C95H94Cl10. The van der Waals surface area contributed by atoms with Gasteiger partial charge in [0.05, 0.1) is 50.2 Å². The Hall–Kier alpha value is -5.68. The fourth-order valence-corrected chi connectivity index (χ4v) is 17.3. The molecule has 0 radical (unpaired) electrons. The minimum absolute atomic E-state index is 0.360. The second-order valence-corrected chi connectivity index (χ2v) is 34.6. The number of halogens is 10. The van der Waals surface area contributed by atoms with Crippen molar-refractivity contribution in [3.8, 4) is 0 Å². The number of benzene rings is 10. The van der Waals surface area contributed by atoms with E-state index in [4.69, 9.17) is 116 Å². The largest absolute Gasteiger partial charge is 0.0827 e. The van der Waals surface area contributed by atoms with Crippen LogP contribution in [-0.4, -0.2) is 0 Å². The predicted molar refractivity (Wildman–Crippen MR) is 459 cm³/mol. The zero-order valence-electron chi connectivity index (χ0n) is 61.6. The number of fused-ring (bicyclic) bond motifs is 5. The highest BCUT2D eigenvalue weighted by Gasteiger charge is 2.33. The molecule has 10 aromatic carbocycles. The summed E-state index contributed by atoms with van der Waals surface area (Å²) >= 11 is 61.4. The molecule has 0 spiro atoms. The van der Waals surface area contributed by atoms with Crippen LogP contribution in [0.3, 0.4) is 0 Å². The van der Waals surface area contributed by atoms with E-state index in [1.807, 2.05) is 60.7 Å². The molecule has 0 bridgehead atoms. The van der Waals surface area contributed by atoms with Crippen molar-refractivity contribution < 1.29 is 0 Å². The van der Waals surface area contributed by atoms with Crippen LogP contribution in [0, 0.1) is 41.4 Å². The molecule has 0 fully saturated rings.